The van der Waals surface area contributed by atoms with Crippen LogP contribution in [0.1, 0.15) is 28.7 Å². The van der Waals surface area contributed by atoms with Crippen molar-refractivity contribution in [2.24, 2.45) is 0 Å². The summed E-state index contributed by atoms with van der Waals surface area (Å²) in [5.74, 6) is -0.423. The van der Waals surface area contributed by atoms with Crippen LogP contribution in [0.2, 0.25) is 0 Å². The molecule has 1 atom stereocenters. The summed E-state index contributed by atoms with van der Waals surface area (Å²) in [5, 5.41) is 3.95. The second kappa shape index (κ2) is 6.76. The average molecular weight is 299 g/mol. The molecule has 1 aliphatic rings. The van der Waals surface area contributed by atoms with Crippen molar-refractivity contribution in [1.82, 2.24) is 14.5 Å². The maximum absolute atomic E-state index is 12.4. The quantitative estimate of drug-likeness (QED) is 0.753. The first-order valence-electron chi connectivity index (χ1n) is 6.44. The van der Waals surface area contributed by atoms with E-state index in [2.05, 4.69) is 14.3 Å². The van der Waals surface area contributed by atoms with Gasteiger partial charge in [-0.15, -0.1) is 5.10 Å². The Morgan fingerprint density at radius 1 is 1.55 bits per heavy atom. The van der Waals surface area contributed by atoms with Gasteiger partial charge in [-0.1, -0.05) is 11.4 Å². The zero-order valence-electron chi connectivity index (χ0n) is 11.5. The average Bonchev–Trinajstić information content (AvgIpc) is 2.95. The zero-order valence-corrected chi connectivity index (χ0v) is 12.3. The lowest BCUT2D eigenvalue weighted by atomic mass is 10.2. The fraction of sp³-hybridized carbons (Fsp3) is 0.667. The number of aryl methyl sites for hydroxylation is 1. The molecule has 7 nitrogen and oxygen atoms in total. The number of carbonyl (C=O) groups is 2. The number of morpholine rings is 1. The summed E-state index contributed by atoms with van der Waals surface area (Å²) >= 11 is 1.11. The molecule has 2 heterocycles. The number of esters is 1. The first kappa shape index (κ1) is 14.9. The van der Waals surface area contributed by atoms with Gasteiger partial charge >= 0.3 is 5.97 Å². The lowest BCUT2D eigenvalue weighted by Crippen LogP contribution is -2.46. The second-order valence-electron chi connectivity index (χ2n) is 4.43. The van der Waals surface area contributed by atoms with Crippen LogP contribution in [0.5, 0.6) is 0 Å². The van der Waals surface area contributed by atoms with Crippen LogP contribution < -0.4 is 0 Å². The molecular formula is C12H17N3O4S. The summed E-state index contributed by atoms with van der Waals surface area (Å²) in [4.78, 5) is 25.9. The summed E-state index contributed by atoms with van der Waals surface area (Å²) in [7, 11) is 1.34. The van der Waals surface area contributed by atoms with Crippen LogP contribution in [0.25, 0.3) is 0 Å². The van der Waals surface area contributed by atoms with Crippen LogP contribution in [0.3, 0.4) is 0 Å². The molecule has 1 amide bonds. The Bertz CT molecular complexity index is 491. The number of ether oxygens (including phenoxy) is 2. The summed E-state index contributed by atoms with van der Waals surface area (Å²) in [6.07, 6.45) is 0.515. The van der Waals surface area contributed by atoms with E-state index in [9.17, 15) is 9.59 Å². The second-order valence-corrected chi connectivity index (χ2v) is 5.18. The van der Waals surface area contributed by atoms with Gasteiger partial charge in [0.2, 0.25) is 0 Å². The predicted molar refractivity (Wildman–Crippen MR) is 71.6 cm³/mol. The van der Waals surface area contributed by atoms with E-state index < -0.39 is 0 Å². The lowest BCUT2D eigenvalue weighted by Gasteiger charge is -2.32. The first-order valence-corrected chi connectivity index (χ1v) is 7.22. The highest BCUT2D eigenvalue weighted by molar-refractivity contribution is 7.08. The molecule has 1 fully saturated rings. The Morgan fingerprint density at radius 3 is 3.05 bits per heavy atom. The van der Waals surface area contributed by atoms with Crippen LogP contribution in [-0.2, 0) is 20.7 Å². The van der Waals surface area contributed by atoms with Gasteiger partial charge in [-0.2, -0.15) is 0 Å². The molecule has 1 aromatic rings. The van der Waals surface area contributed by atoms with E-state index >= 15 is 0 Å². The van der Waals surface area contributed by atoms with Crippen LogP contribution in [0.15, 0.2) is 0 Å². The van der Waals surface area contributed by atoms with Crippen molar-refractivity contribution < 1.29 is 19.1 Å². The Morgan fingerprint density at radius 2 is 2.35 bits per heavy atom. The number of hydrogen-bond donors (Lipinski definition) is 0. The Hall–Kier alpha value is -1.54. The summed E-state index contributed by atoms with van der Waals surface area (Å²) in [6, 6.07) is 0. The third-order valence-electron chi connectivity index (χ3n) is 3.13. The molecule has 0 N–H and O–H groups in total. The molecule has 0 bridgehead atoms. The lowest BCUT2D eigenvalue weighted by molar-refractivity contribution is -0.145. The minimum absolute atomic E-state index is 0.0879. The number of carbonyl (C=O) groups excluding carboxylic acids is 2. The third kappa shape index (κ3) is 3.31. The van der Waals surface area contributed by atoms with Crippen molar-refractivity contribution in [3.63, 3.8) is 0 Å². The van der Waals surface area contributed by atoms with Crippen molar-refractivity contribution in [1.29, 1.82) is 0 Å². The first-order chi connectivity index (χ1) is 9.65. The van der Waals surface area contributed by atoms with E-state index in [1.807, 2.05) is 6.92 Å². The Labute approximate surface area is 121 Å². The van der Waals surface area contributed by atoms with Gasteiger partial charge in [0.1, 0.15) is 4.88 Å². The molecule has 1 aliphatic heterocycles. The predicted octanol–water partition coefficient (Wildman–Crippen LogP) is 0.505. The molecule has 110 valence electrons. The van der Waals surface area contributed by atoms with Crippen molar-refractivity contribution in [2.75, 3.05) is 26.8 Å². The van der Waals surface area contributed by atoms with Crippen LogP contribution >= 0.6 is 11.5 Å². The van der Waals surface area contributed by atoms with Gasteiger partial charge in [0.25, 0.3) is 5.91 Å². The maximum Gasteiger partial charge on any atom is 0.308 e. The number of nitrogens with zero attached hydrogens (tertiary/aromatic N) is 3. The van der Waals surface area contributed by atoms with Gasteiger partial charge in [-0.05, 0) is 18.0 Å². The van der Waals surface area contributed by atoms with E-state index in [4.69, 9.17) is 4.74 Å². The zero-order chi connectivity index (χ0) is 14.5. The Balaban J connectivity index is 2.01. The van der Waals surface area contributed by atoms with E-state index in [0.29, 0.717) is 31.0 Å². The molecule has 1 unspecified atom stereocenters. The highest BCUT2D eigenvalue weighted by atomic mass is 32.1. The number of methoxy groups -OCH3 is 1. The van der Waals surface area contributed by atoms with Gasteiger partial charge < -0.3 is 14.4 Å². The fourth-order valence-electron chi connectivity index (χ4n) is 2.04. The van der Waals surface area contributed by atoms with Gasteiger partial charge in [0, 0.05) is 13.1 Å². The molecule has 2 rings (SSSR count). The SMILES string of the molecule is CCc1nnsc1C(=O)N1CCOC(CC(=O)OC)C1. The number of amides is 1. The molecule has 20 heavy (non-hydrogen) atoms. The molecule has 8 heteroatoms. The number of aromatic nitrogens is 2. The minimum Gasteiger partial charge on any atom is -0.469 e. The summed E-state index contributed by atoms with van der Waals surface area (Å²) < 4.78 is 13.9. The minimum atomic E-state index is -0.335. The van der Waals surface area contributed by atoms with Crippen LogP contribution in [-0.4, -0.2) is 59.3 Å². The largest absolute Gasteiger partial charge is 0.469 e. The Kier molecular flexibility index (Phi) is 5.02. The topological polar surface area (TPSA) is 81.6 Å². The number of rotatable bonds is 4. The number of hydrogen-bond acceptors (Lipinski definition) is 7. The molecule has 0 aliphatic carbocycles. The van der Waals surface area contributed by atoms with Crippen molar-refractivity contribution >= 4 is 23.4 Å². The van der Waals surface area contributed by atoms with Crippen molar-refractivity contribution in [2.45, 2.75) is 25.9 Å². The molecule has 0 aromatic carbocycles. The van der Waals surface area contributed by atoms with Gasteiger partial charge in [0.05, 0.1) is 31.9 Å². The van der Waals surface area contributed by atoms with Crippen LogP contribution in [0, 0.1) is 0 Å². The van der Waals surface area contributed by atoms with Gasteiger partial charge in [-0.3, -0.25) is 9.59 Å². The van der Waals surface area contributed by atoms with Crippen LogP contribution in [0.4, 0.5) is 0 Å². The molecule has 1 saturated heterocycles. The van der Waals surface area contributed by atoms with Gasteiger partial charge in [0.15, 0.2) is 0 Å². The van der Waals surface area contributed by atoms with E-state index in [0.717, 1.165) is 17.2 Å². The highest BCUT2D eigenvalue weighted by Crippen LogP contribution is 2.17. The molecule has 0 saturated carbocycles. The normalized spacial score (nSPS) is 18.9. The summed E-state index contributed by atoms with van der Waals surface area (Å²) in [5.41, 5.74) is 0.719. The van der Waals surface area contributed by atoms with Gasteiger partial charge in [-0.25, -0.2) is 0 Å². The van der Waals surface area contributed by atoms with E-state index in [1.54, 1.807) is 4.90 Å². The fourth-order valence-corrected chi connectivity index (χ4v) is 2.76. The standard InChI is InChI=1S/C12H17N3O4S/c1-3-9-11(20-14-13-9)12(17)15-4-5-19-8(7-15)6-10(16)18-2/h8H,3-7H2,1-2H3. The smallest absolute Gasteiger partial charge is 0.308 e. The molecule has 1 aromatic heterocycles. The van der Waals surface area contributed by atoms with E-state index in [-0.39, 0.29) is 24.4 Å². The van der Waals surface area contributed by atoms with Crippen molar-refractivity contribution in [3.05, 3.63) is 10.6 Å². The monoisotopic (exact) mass is 299 g/mol. The maximum atomic E-state index is 12.4. The van der Waals surface area contributed by atoms with Crippen molar-refractivity contribution in [3.8, 4) is 0 Å². The molecule has 0 spiro atoms. The molecule has 0 radical (unpaired) electrons. The third-order valence-corrected chi connectivity index (χ3v) is 3.89. The summed E-state index contributed by atoms with van der Waals surface area (Å²) in [6.45, 7) is 3.25. The molecular weight excluding hydrogens is 282 g/mol. The highest BCUT2D eigenvalue weighted by Gasteiger charge is 2.29. The van der Waals surface area contributed by atoms with E-state index in [1.165, 1.54) is 7.11 Å².